The van der Waals surface area contributed by atoms with E-state index in [0.717, 1.165) is 4.90 Å². The van der Waals surface area contributed by atoms with Gasteiger partial charge in [-0.25, -0.2) is 4.79 Å². The summed E-state index contributed by atoms with van der Waals surface area (Å²) in [5.41, 5.74) is -2.65. The van der Waals surface area contributed by atoms with Crippen LogP contribution in [-0.2, 0) is 4.43 Å². The zero-order valence-electron chi connectivity index (χ0n) is 19.2. The van der Waals surface area contributed by atoms with Crippen molar-refractivity contribution in [2.45, 2.75) is 65.8 Å². The molecule has 30 heavy (non-hydrogen) atoms. The lowest BCUT2D eigenvalue weighted by Gasteiger charge is -2.60. The van der Waals surface area contributed by atoms with E-state index in [-0.39, 0.29) is 22.9 Å². The topological polar surface area (TPSA) is 99.1 Å². The summed E-state index contributed by atoms with van der Waals surface area (Å²) < 4.78 is 6.00. The number of hydrogen-bond acceptors (Lipinski definition) is 4. The molecule has 1 heterocycles. The Bertz CT molecular complexity index is 783. The Morgan fingerprint density at radius 3 is 2.27 bits per heavy atom. The van der Waals surface area contributed by atoms with E-state index in [1.54, 1.807) is 44.2 Å². The average Bonchev–Trinajstić information content (AvgIpc) is 2.77. The molecule has 0 bridgehead atoms. The van der Waals surface area contributed by atoms with Crippen LogP contribution in [0.1, 0.15) is 64.7 Å². The second-order valence-corrected chi connectivity index (χ2v) is 9.98. The predicted molar refractivity (Wildman–Crippen MR) is 119 cm³/mol. The summed E-state index contributed by atoms with van der Waals surface area (Å²) in [4.78, 5) is 26.6. The summed E-state index contributed by atoms with van der Waals surface area (Å²) in [6.45, 7) is 11.8. The molecule has 2 amide bonds. The molecule has 8 heteroatoms. The number of likely N-dealkylation sites (tertiary alicyclic amines) is 1. The van der Waals surface area contributed by atoms with Gasteiger partial charge < -0.3 is 20.0 Å². The van der Waals surface area contributed by atoms with Crippen LogP contribution in [0.5, 0.6) is 0 Å². The Morgan fingerprint density at radius 1 is 1.23 bits per heavy atom. The molecule has 1 aromatic rings. The van der Waals surface area contributed by atoms with Crippen molar-refractivity contribution < 1.29 is 24.2 Å². The third-order valence-corrected chi connectivity index (χ3v) is 8.13. The summed E-state index contributed by atoms with van der Waals surface area (Å²) in [6, 6.07) is 8.62. The molecule has 2 atom stereocenters. The van der Waals surface area contributed by atoms with Crippen LogP contribution in [0.15, 0.2) is 30.3 Å². The van der Waals surface area contributed by atoms with Crippen LogP contribution in [0.4, 0.5) is 4.79 Å². The maximum Gasteiger partial charge on any atom is 0.411 e. The molecule has 2 unspecified atom stereocenters. The molecule has 168 valence electrons. The summed E-state index contributed by atoms with van der Waals surface area (Å²) >= 11 is 0. The molecular formula is C22H36N2O5Si. The molecule has 7 nitrogen and oxygen atoms in total. The largest absolute Gasteiger partial charge is 0.465 e. The number of carbonyl (C=O) groups excluding carboxylic acids is 1. The lowest BCUT2D eigenvalue weighted by atomic mass is 9.54. The van der Waals surface area contributed by atoms with Crippen LogP contribution in [0.2, 0.25) is 0 Å². The van der Waals surface area contributed by atoms with Gasteiger partial charge in [-0.2, -0.15) is 0 Å². The van der Waals surface area contributed by atoms with Crippen molar-refractivity contribution in [3.63, 3.8) is 0 Å². The number of hydrogen-bond donors (Lipinski definition) is 3. The fraction of sp³-hybridized carbons (Fsp3) is 0.636. The van der Waals surface area contributed by atoms with Crippen molar-refractivity contribution >= 4 is 22.5 Å². The minimum atomic E-state index is -1.71. The molecule has 0 aromatic heterocycles. The second-order valence-electron chi connectivity index (χ2n) is 9.57. The first-order valence-electron chi connectivity index (χ1n) is 10.4. The Balaban J connectivity index is 2.71. The molecule has 1 aliphatic rings. The van der Waals surface area contributed by atoms with Gasteiger partial charge >= 0.3 is 6.09 Å². The van der Waals surface area contributed by atoms with E-state index in [1.165, 1.54) is 0 Å². The molecule has 1 aromatic carbocycles. The lowest BCUT2D eigenvalue weighted by Crippen LogP contribution is -2.76. The number of nitrogens with zero attached hydrogens (tertiary/aromatic N) is 1. The first kappa shape index (κ1) is 24.4. The Kier molecular flexibility index (Phi) is 6.76. The minimum Gasteiger partial charge on any atom is -0.465 e. The number of carbonyl (C=O) groups is 2. The lowest BCUT2D eigenvalue weighted by molar-refractivity contribution is -0.259. The van der Waals surface area contributed by atoms with Crippen molar-refractivity contribution in [3.05, 3.63) is 35.9 Å². The highest BCUT2D eigenvalue weighted by Crippen LogP contribution is 2.57. The van der Waals surface area contributed by atoms with Crippen LogP contribution >= 0.6 is 0 Å². The molecule has 0 spiro atoms. The van der Waals surface area contributed by atoms with Gasteiger partial charge in [0.05, 0.1) is 11.0 Å². The van der Waals surface area contributed by atoms with Gasteiger partial charge in [-0.1, -0.05) is 59.7 Å². The van der Waals surface area contributed by atoms with E-state index in [2.05, 4.69) is 5.32 Å². The van der Waals surface area contributed by atoms with Crippen LogP contribution < -0.4 is 5.32 Å². The van der Waals surface area contributed by atoms with Crippen molar-refractivity contribution in [1.29, 1.82) is 0 Å². The van der Waals surface area contributed by atoms with E-state index < -0.39 is 34.3 Å². The van der Waals surface area contributed by atoms with Crippen LogP contribution in [0, 0.1) is 16.7 Å². The zero-order valence-corrected chi connectivity index (χ0v) is 21.2. The van der Waals surface area contributed by atoms with Gasteiger partial charge in [-0.3, -0.25) is 9.69 Å². The highest BCUT2D eigenvalue weighted by Gasteiger charge is 2.68. The molecule has 0 aliphatic carbocycles. The van der Waals surface area contributed by atoms with E-state index >= 15 is 0 Å². The first-order valence-corrected chi connectivity index (χ1v) is 11.3. The van der Waals surface area contributed by atoms with Gasteiger partial charge in [0.1, 0.15) is 0 Å². The van der Waals surface area contributed by atoms with Crippen LogP contribution in [0.3, 0.4) is 0 Å². The fourth-order valence-corrected chi connectivity index (χ4v) is 5.70. The third kappa shape index (κ3) is 3.54. The van der Waals surface area contributed by atoms with Crippen LogP contribution in [-0.4, -0.2) is 55.6 Å². The second kappa shape index (κ2) is 8.32. The summed E-state index contributed by atoms with van der Waals surface area (Å²) in [5, 5.41) is 25.1. The van der Waals surface area contributed by atoms with E-state index in [9.17, 15) is 19.8 Å². The molecule has 3 N–H and O–H groups in total. The molecule has 2 rings (SSSR count). The number of benzene rings is 1. The van der Waals surface area contributed by atoms with Crippen LogP contribution in [0.25, 0.3) is 0 Å². The highest BCUT2D eigenvalue weighted by atomic mass is 28.2. The number of nitrogens with one attached hydrogen (secondary N) is 1. The number of amides is 2. The maximum absolute atomic E-state index is 13.2. The zero-order chi connectivity index (χ0) is 23.0. The van der Waals surface area contributed by atoms with Crippen molar-refractivity contribution in [1.82, 2.24) is 10.2 Å². The van der Waals surface area contributed by atoms with Gasteiger partial charge in [0.25, 0.3) is 5.91 Å². The number of rotatable bonds is 5. The average molecular weight is 437 g/mol. The fourth-order valence-electron chi connectivity index (χ4n) is 4.87. The van der Waals surface area contributed by atoms with E-state index in [0.29, 0.717) is 18.4 Å². The molecule has 0 saturated carbocycles. The number of carboxylic acid groups (broad SMARTS) is 1. The Morgan fingerprint density at radius 2 is 1.80 bits per heavy atom. The number of aliphatic hydroxyl groups is 1. The monoisotopic (exact) mass is 436 g/mol. The SMILES string of the molecule is CC(C)C(C)(C)C1(O)CCCN(C(=O)O)C(NC(=O)c2ccccc2)(O[SiH3])C1(C)C. The molecular weight excluding hydrogens is 400 g/mol. The summed E-state index contributed by atoms with van der Waals surface area (Å²) in [7, 11) is 0.157. The third-order valence-electron chi connectivity index (χ3n) is 7.54. The Hall–Kier alpha value is -1.90. The first-order chi connectivity index (χ1) is 13.8. The minimum absolute atomic E-state index is 0.106. The van der Waals surface area contributed by atoms with Crippen molar-refractivity contribution in [3.8, 4) is 0 Å². The molecule has 1 saturated heterocycles. The quantitative estimate of drug-likeness (QED) is 0.487. The Labute approximate surface area is 182 Å². The summed E-state index contributed by atoms with van der Waals surface area (Å²) in [5.74, 6) is -2.05. The molecule has 1 aliphatic heterocycles. The standard InChI is InChI=1S/C22H36N2O5Si/c1-15(2)19(3,4)21(28)13-10-14-24(18(26)27)22(29-30,20(21,5)6)23-17(25)16-11-8-7-9-12-16/h7-9,11-12,15,28H,10,13-14H2,1-6,30H3,(H,23,25)(H,26,27). The summed E-state index contributed by atoms with van der Waals surface area (Å²) in [6.07, 6.45) is -0.349. The van der Waals surface area contributed by atoms with E-state index in [4.69, 9.17) is 4.43 Å². The van der Waals surface area contributed by atoms with Crippen molar-refractivity contribution in [2.24, 2.45) is 16.7 Å². The highest BCUT2D eigenvalue weighted by molar-refractivity contribution is 5.99. The normalized spacial score (nSPS) is 27.0. The molecule has 0 radical (unpaired) electrons. The van der Waals surface area contributed by atoms with Crippen molar-refractivity contribution in [2.75, 3.05) is 6.54 Å². The maximum atomic E-state index is 13.2. The van der Waals surface area contributed by atoms with Gasteiger partial charge in [0.15, 0.2) is 10.5 Å². The van der Waals surface area contributed by atoms with Gasteiger partial charge in [-0.05, 0) is 36.3 Å². The smallest absolute Gasteiger partial charge is 0.411 e. The predicted octanol–water partition coefficient (Wildman–Crippen LogP) is 2.58. The van der Waals surface area contributed by atoms with Gasteiger partial charge in [-0.15, -0.1) is 0 Å². The van der Waals surface area contributed by atoms with Gasteiger partial charge in [0.2, 0.25) is 5.85 Å². The molecule has 1 fully saturated rings. The van der Waals surface area contributed by atoms with Gasteiger partial charge in [0, 0.05) is 12.1 Å². The van der Waals surface area contributed by atoms with E-state index in [1.807, 2.05) is 27.7 Å².